The van der Waals surface area contributed by atoms with Crippen LogP contribution in [0.2, 0.25) is 0 Å². The molecule has 0 aliphatic rings. The van der Waals surface area contributed by atoms with E-state index in [0.717, 1.165) is 6.54 Å². The molecule has 1 heterocycles. The first-order valence-corrected chi connectivity index (χ1v) is 3.77. The Bertz CT molecular complexity index is 223. The van der Waals surface area contributed by atoms with Crippen molar-refractivity contribution in [1.29, 1.82) is 0 Å². The second-order valence-corrected chi connectivity index (χ2v) is 2.54. The van der Waals surface area contributed by atoms with Crippen molar-refractivity contribution in [2.75, 3.05) is 0 Å². The van der Waals surface area contributed by atoms with Crippen LogP contribution in [0, 0.1) is 0 Å². The lowest BCUT2D eigenvalue weighted by molar-refractivity contribution is 0.274. The molecule has 0 atom stereocenters. The number of aliphatic hydroxyl groups excluding tert-OH is 1. The molecule has 0 unspecified atom stereocenters. The molecule has 0 saturated carbocycles. The molecule has 0 aromatic carbocycles. The second kappa shape index (κ2) is 3.12. The Morgan fingerprint density at radius 1 is 1.60 bits per heavy atom. The molecule has 0 aliphatic heterocycles. The summed E-state index contributed by atoms with van der Waals surface area (Å²) in [4.78, 5) is 1.52. The molecule has 5 heteroatoms. The summed E-state index contributed by atoms with van der Waals surface area (Å²) in [7, 11) is 0. The summed E-state index contributed by atoms with van der Waals surface area (Å²) in [5.74, 6) is 0. The van der Waals surface area contributed by atoms with Gasteiger partial charge in [0.2, 0.25) is 0 Å². The molecule has 1 rings (SSSR count). The number of rotatable bonds is 2. The highest BCUT2D eigenvalue weighted by Gasteiger charge is 2.04. The lowest BCUT2D eigenvalue weighted by Crippen LogP contribution is -1.98. The van der Waals surface area contributed by atoms with E-state index in [1.54, 1.807) is 0 Å². The fourth-order valence-electron chi connectivity index (χ4n) is 0.600. The number of halogens is 1. The molecule has 0 saturated heterocycles. The largest absolute Gasteiger partial charge is 0.390 e. The van der Waals surface area contributed by atoms with Crippen LogP contribution in [0.1, 0.15) is 12.6 Å². The quantitative estimate of drug-likeness (QED) is 0.768. The average molecular weight is 206 g/mol. The third-order valence-corrected chi connectivity index (χ3v) is 1.73. The van der Waals surface area contributed by atoms with E-state index in [1.165, 1.54) is 4.80 Å². The molecule has 0 bridgehead atoms. The van der Waals surface area contributed by atoms with Gasteiger partial charge in [-0.25, -0.2) is 0 Å². The Morgan fingerprint density at radius 2 is 2.30 bits per heavy atom. The first kappa shape index (κ1) is 7.68. The van der Waals surface area contributed by atoms with Crippen LogP contribution in [0.15, 0.2) is 4.60 Å². The molecule has 56 valence electrons. The minimum atomic E-state index is -0.0689. The Hall–Kier alpha value is -0.420. The number of hydrogen-bond donors (Lipinski definition) is 1. The lowest BCUT2D eigenvalue weighted by Gasteiger charge is -1.87. The van der Waals surface area contributed by atoms with Crippen molar-refractivity contribution < 1.29 is 5.11 Å². The van der Waals surface area contributed by atoms with Gasteiger partial charge in [-0.05, 0) is 22.9 Å². The summed E-state index contributed by atoms with van der Waals surface area (Å²) >= 11 is 3.16. The van der Waals surface area contributed by atoms with Crippen molar-refractivity contribution in [2.45, 2.75) is 20.1 Å². The van der Waals surface area contributed by atoms with Gasteiger partial charge in [0.15, 0.2) is 4.60 Å². The van der Waals surface area contributed by atoms with Gasteiger partial charge in [0, 0.05) is 0 Å². The van der Waals surface area contributed by atoms with Crippen molar-refractivity contribution in [3.63, 3.8) is 0 Å². The zero-order valence-electron chi connectivity index (χ0n) is 5.58. The third kappa shape index (κ3) is 1.35. The molecule has 0 fully saturated rings. The minimum Gasteiger partial charge on any atom is -0.390 e. The Labute approximate surface area is 67.0 Å². The summed E-state index contributed by atoms with van der Waals surface area (Å²) in [6.45, 7) is 2.59. The zero-order chi connectivity index (χ0) is 7.56. The zero-order valence-corrected chi connectivity index (χ0v) is 7.17. The molecule has 0 amide bonds. The molecule has 0 spiro atoms. The third-order valence-electron chi connectivity index (χ3n) is 1.11. The normalized spacial score (nSPS) is 10.3. The van der Waals surface area contributed by atoms with Crippen molar-refractivity contribution in [2.24, 2.45) is 0 Å². The maximum Gasteiger partial charge on any atom is 0.153 e. The topological polar surface area (TPSA) is 50.9 Å². The summed E-state index contributed by atoms with van der Waals surface area (Å²) in [6.07, 6.45) is 0. The van der Waals surface area contributed by atoms with E-state index in [9.17, 15) is 0 Å². The van der Waals surface area contributed by atoms with Crippen molar-refractivity contribution in [3.8, 4) is 0 Å². The smallest absolute Gasteiger partial charge is 0.153 e. The monoisotopic (exact) mass is 205 g/mol. The van der Waals surface area contributed by atoms with Crippen LogP contribution in [0.5, 0.6) is 0 Å². The van der Waals surface area contributed by atoms with Gasteiger partial charge in [0.05, 0.1) is 13.2 Å². The fraction of sp³-hybridized carbons (Fsp3) is 0.600. The molecule has 0 aliphatic carbocycles. The van der Waals surface area contributed by atoms with Crippen LogP contribution in [-0.4, -0.2) is 20.1 Å². The summed E-state index contributed by atoms with van der Waals surface area (Å²) in [5, 5.41) is 16.6. The molecule has 0 radical (unpaired) electrons. The van der Waals surface area contributed by atoms with Crippen LogP contribution in [0.3, 0.4) is 0 Å². The number of nitrogens with zero attached hydrogens (tertiary/aromatic N) is 3. The fourth-order valence-corrected chi connectivity index (χ4v) is 0.988. The Balaban J connectivity index is 2.92. The molecule has 10 heavy (non-hydrogen) atoms. The van der Waals surface area contributed by atoms with Gasteiger partial charge < -0.3 is 5.11 Å². The predicted octanol–water partition coefficient (Wildman–Crippen LogP) is 0.553. The van der Waals surface area contributed by atoms with Crippen LogP contribution >= 0.6 is 15.9 Å². The van der Waals surface area contributed by atoms with Crippen molar-refractivity contribution >= 4 is 15.9 Å². The van der Waals surface area contributed by atoms with Gasteiger partial charge in [-0.3, -0.25) is 0 Å². The molecule has 1 aromatic heterocycles. The number of aliphatic hydroxyl groups is 1. The lowest BCUT2D eigenvalue weighted by atomic mass is 10.5. The van der Waals surface area contributed by atoms with E-state index in [-0.39, 0.29) is 6.61 Å². The van der Waals surface area contributed by atoms with Crippen molar-refractivity contribution in [3.05, 3.63) is 10.3 Å². The maximum absolute atomic E-state index is 8.68. The van der Waals surface area contributed by atoms with Crippen LogP contribution < -0.4 is 0 Å². The van der Waals surface area contributed by atoms with Gasteiger partial charge in [-0.1, -0.05) is 0 Å². The van der Waals surface area contributed by atoms with E-state index < -0.39 is 0 Å². The Kier molecular flexibility index (Phi) is 2.39. The number of aromatic nitrogens is 3. The highest BCUT2D eigenvalue weighted by molar-refractivity contribution is 9.10. The Morgan fingerprint density at radius 3 is 2.60 bits per heavy atom. The highest BCUT2D eigenvalue weighted by atomic mass is 79.9. The van der Waals surface area contributed by atoms with E-state index in [2.05, 4.69) is 26.1 Å². The van der Waals surface area contributed by atoms with Crippen LogP contribution in [-0.2, 0) is 13.2 Å². The second-order valence-electron chi connectivity index (χ2n) is 1.78. The summed E-state index contributed by atoms with van der Waals surface area (Å²) in [5.41, 5.74) is 0.585. The average Bonchev–Trinajstić information content (AvgIpc) is 2.30. The number of aryl methyl sites for hydroxylation is 1. The maximum atomic E-state index is 8.68. The standard InChI is InChI=1S/C5H8BrN3O/c1-2-9-7-4(3-10)5(6)8-9/h10H,2-3H2,1H3. The van der Waals surface area contributed by atoms with E-state index in [4.69, 9.17) is 5.11 Å². The van der Waals surface area contributed by atoms with E-state index in [1.807, 2.05) is 6.92 Å². The first-order chi connectivity index (χ1) is 4.77. The molecule has 1 N–H and O–H groups in total. The minimum absolute atomic E-state index is 0.0689. The van der Waals surface area contributed by atoms with E-state index in [0.29, 0.717) is 10.3 Å². The predicted molar refractivity (Wildman–Crippen MR) is 39.3 cm³/mol. The van der Waals surface area contributed by atoms with Gasteiger partial charge in [-0.2, -0.15) is 9.90 Å². The summed E-state index contributed by atoms with van der Waals surface area (Å²) in [6, 6.07) is 0. The van der Waals surface area contributed by atoms with Gasteiger partial charge in [0.1, 0.15) is 5.69 Å². The van der Waals surface area contributed by atoms with Crippen molar-refractivity contribution in [1.82, 2.24) is 15.0 Å². The van der Waals surface area contributed by atoms with Crippen LogP contribution in [0.25, 0.3) is 0 Å². The summed E-state index contributed by atoms with van der Waals surface area (Å²) < 4.78 is 0.622. The van der Waals surface area contributed by atoms with Gasteiger partial charge >= 0.3 is 0 Å². The van der Waals surface area contributed by atoms with Crippen LogP contribution in [0.4, 0.5) is 0 Å². The van der Waals surface area contributed by atoms with Gasteiger partial charge in [-0.15, -0.1) is 5.10 Å². The molecular weight excluding hydrogens is 198 g/mol. The molecular formula is C5H8BrN3O. The first-order valence-electron chi connectivity index (χ1n) is 2.98. The molecule has 4 nitrogen and oxygen atoms in total. The molecule has 1 aromatic rings. The van der Waals surface area contributed by atoms with Gasteiger partial charge in [0.25, 0.3) is 0 Å². The number of hydrogen-bond acceptors (Lipinski definition) is 3. The highest BCUT2D eigenvalue weighted by Crippen LogP contribution is 2.09. The SMILES string of the molecule is CCn1nc(Br)c(CO)n1. The van der Waals surface area contributed by atoms with E-state index >= 15 is 0 Å².